The maximum Gasteiger partial charge on any atom is 0.338 e. The Balaban J connectivity index is 2.16. The number of nitrogens with zero attached hydrogens (tertiary/aromatic N) is 1. The minimum Gasteiger partial charge on any atom is -0.452 e. The lowest BCUT2D eigenvalue weighted by molar-refractivity contribution is -0.124. The first-order chi connectivity index (χ1) is 12.2. The maximum atomic E-state index is 12.8. The predicted octanol–water partition coefficient (Wildman–Crippen LogP) is 1.85. The first kappa shape index (κ1) is 20.4. The Morgan fingerprint density at radius 1 is 1.19 bits per heavy atom. The Kier molecular flexibility index (Phi) is 6.77. The van der Waals surface area contributed by atoms with E-state index in [1.807, 2.05) is 0 Å². The fourth-order valence-electron chi connectivity index (χ4n) is 2.81. The summed E-state index contributed by atoms with van der Waals surface area (Å²) in [4.78, 5) is 24.0. The first-order valence-electron chi connectivity index (χ1n) is 8.79. The summed E-state index contributed by atoms with van der Waals surface area (Å²) in [5.74, 6) is -1.11. The maximum absolute atomic E-state index is 12.8. The molecule has 7 nitrogen and oxygen atoms in total. The Morgan fingerprint density at radius 3 is 2.46 bits per heavy atom. The number of carbonyl (C=O) groups is 2. The highest BCUT2D eigenvalue weighted by molar-refractivity contribution is 7.89. The zero-order valence-electron chi connectivity index (χ0n) is 15.4. The van der Waals surface area contributed by atoms with Crippen molar-refractivity contribution < 1.29 is 22.7 Å². The molecule has 1 heterocycles. The van der Waals surface area contributed by atoms with Crippen molar-refractivity contribution >= 4 is 21.9 Å². The van der Waals surface area contributed by atoms with Crippen molar-refractivity contribution in [3.05, 3.63) is 29.3 Å². The molecule has 1 aromatic carbocycles. The molecule has 0 bridgehead atoms. The average Bonchev–Trinajstić information content (AvgIpc) is 2.60. The van der Waals surface area contributed by atoms with Gasteiger partial charge in [-0.15, -0.1) is 0 Å². The van der Waals surface area contributed by atoms with E-state index >= 15 is 0 Å². The van der Waals surface area contributed by atoms with Gasteiger partial charge in [-0.2, -0.15) is 4.31 Å². The standard InChI is InChI=1S/C18H26N2O5S/c1-13(2)19-17(21)12-25-18(22)16-11-15(8-7-14(16)3)26(23,24)20-9-5-4-6-10-20/h7-8,11,13H,4-6,9-10,12H2,1-3H3,(H,19,21). The number of amides is 1. The largest absolute Gasteiger partial charge is 0.452 e. The first-order valence-corrected chi connectivity index (χ1v) is 10.2. The lowest BCUT2D eigenvalue weighted by Crippen LogP contribution is -2.35. The number of hydrogen-bond acceptors (Lipinski definition) is 5. The zero-order valence-corrected chi connectivity index (χ0v) is 16.3. The van der Waals surface area contributed by atoms with Gasteiger partial charge in [0.05, 0.1) is 10.5 Å². The average molecular weight is 382 g/mol. The summed E-state index contributed by atoms with van der Waals surface area (Å²) in [5.41, 5.74) is 0.747. The summed E-state index contributed by atoms with van der Waals surface area (Å²) >= 11 is 0. The van der Waals surface area contributed by atoms with Crippen LogP contribution >= 0.6 is 0 Å². The molecule has 0 aliphatic carbocycles. The van der Waals surface area contributed by atoms with E-state index in [4.69, 9.17) is 4.74 Å². The van der Waals surface area contributed by atoms with E-state index in [1.54, 1.807) is 26.8 Å². The van der Waals surface area contributed by atoms with Crippen LogP contribution in [0.25, 0.3) is 0 Å². The molecule has 1 amide bonds. The molecule has 26 heavy (non-hydrogen) atoms. The van der Waals surface area contributed by atoms with E-state index in [0.29, 0.717) is 18.7 Å². The molecular formula is C18H26N2O5S. The van der Waals surface area contributed by atoms with Crippen molar-refractivity contribution in [3.8, 4) is 0 Å². The second-order valence-electron chi connectivity index (χ2n) is 6.74. The molecule has 1 aliphatic heterocycles. The van der Waals surface area contributed by atoms with Crippen molar-refractivity contribution in [2.75, 3.05) is 19.7 Å². The molecule has 144 valence electrons. The second-order valence-corrected chi connectivity index (χ2v) is 8.68. The van der Waals surface area contributed by atoms with Gasteiger partial charge in [-0.05, 0) is 51.3 Å². The van der Waals surface area contributed by atoms with E-state index in [1.165, 1.54) is 16.4 Å². The molecule has 8 heteroatoms. The quantitative estimate of drug-likeness (QED) is 0.758. The molecular weight excluding hydrogens is 356 g/mol. The van der Waals surface area contributed by atoms with E-state index in [0.717, 1.165) is 19.3 Å². The summed E-state index contributed by atoms with van der Waals surface area (Å²) in [5, 5.41) is 2.62. The van der Waals surface area contributed by atoms with Gasteiger partial charge in [-0.1, -0.05) is 12.5 Å². The van der Waals surface area contributed by atoms with Gasteiger partial charge < -0.3 is 10.1 Å². The minimum atomic E-state index is -3.64. The van der Waals surface area contributed by atoms with Crippen molar-refractivity contribution in [2.24, 2.45) is 0 Å². The molecule has 1 saturated heterocycles. The fourth-order valence-corrected chi connectivity index (χ4v) is 4.35. The van der Waals surface area contributed by atoms with E-state index in [-0.39, 0.29) is 16.5 Å². The van der Waals surface area contributed by atoms with Gasteiger partial charge in [-0.25, -0.2) is 13.2 Å². The SMILES string of the molecule is Cc1ccc(S(=O)(=O)N2CCCCC2)cc1C(=O)OCC(=O)NC(C)C. The summed E-state index contributed by atoms with van der Waals surface area (Å²) in [7, 11) is -3.64. The Labute approximate surface area is 154 Å². The van der Waals surface area contributed by atoms with Crippen LogP contribution in [0.4, 0.5) is 0 Å². The van der Waals surface area contributed by atoms with Crippen molar-refractivity contribution in [2.45, 2.75) is 51.0 Å². The number of benzene rings is 1. The lowest BCUT2D eigenvalue weighted by atomic mass is 10.1. The number of ether oxygens (including phenoxy) is 1. The summed E-state index contributed by atoms with van der Waals surface area (Å²) < 4.78 is 32.0. The molecule has 1 N–H and O–H groups in total. The van der Waals surface area contributed by atoms with Crippen molar-refractivity contribution in [3.63, 3.8) is 0 Å². The van der Waals surface area contributed by atoms with Crippen LogP contribution in [0.2, 0.25) is 0 Å². The van der Waals surface area contributed by atoms with Gasteiger partial charge in [0, 0.05) is 19.1 Å². The third kappa shape index (κ3) is 5.04. The predicted molar refractivity (Wildman–Crippen MR) is 97.4 cm³/mol. The molecule has 2 rings (SSSR count). The Hall–Kier alpha value is -1.93. The van der Waals surface area contributed by atoms with E-state index < -0.39 is 28.5 Å². The van der Waals surface area contributed by atoms with Crippen LogP contribution in [0.15, 0.2) is 23.1 Å². The van der Waals surface area contributed by atoms with Gasteiger partial charge in [0.1, 0.15) is 0 Å². The number of aryl methyl sites for hydroxylation is 1. The molecule has 1 aliphatic rings. The van der Waals surface area contributed by atoms with Gasteiger partial charge >= 0.3 is 5.97 Å². The monoisotopic (exact) mass is 382 g/mol. The summed E-state index contributed by atoms with van der Waals surface area (Å²) in [6.07, 6.45) is 2.70. The van der Waals surface area contributed by atoms with Gasteiger partial charge in [0.25, 0.3) is 5.91 Å². The zero-order chi connectivity index (χ0) is 19.3. The molecule has 0 radical (unpaired) electrons. The number of piperidine rings is 1. The Bertz CT molecular complexity index is 768. The summed E-state index contributed by atoms with van der Waals surface area (Å²) in [6, 6.07) is 4.37. The van der Waals surface area contributed by atoms with Crippen molar-refractivity contribution in [1.29, 1.82) is 0 Å². The molecule has 0 aromatic heterocycles. The second kappa shape index (κ2) is 8.64. The highest BCUT2D eigenvalue weighted by Gasteiger charge is 2.27. The van der Waals surface area contributed by atoms with Crippen LogP contribution in [-0.2, 0) is 19.6 Å². The highest BCUT2D eigenvalue weighted by atomic mass is 32.2. The Morgan fingerprint density at radius 2 is 1.85 bits per heavy atom. The number of nitrogens with one attached hydrogen (secondary N) is 1. The fraction of sp³-hybridized carbons (Fsp3) is 0.556. The topological polar surface area (TPSA) is 92.8 Å². The normalized spacial score (nSPS) is 15.7. The number of rotatable bonds is 6. The number of hydrogen-bond donors (Lipinski definition) is 1. The van der Waals surface area contributed by atoms with Crippen LogP contribution in [-0.4, -0.2) is 50.3 Å². The smallest absolute Gasteiger partial charge is 0.338 e. The van der Waals surface area contributed by atoms with Crippen LogP contribution in [0, 0.1) is 6.92 Å². The molecule has 1 aromatic rings. The van der Waals surface area contributed by atoms with Crippen LogP contribution in [0.3, 0.4) is 0 Å². The molecule has 0 spiro atoms. The number of carbonyl (C=O) groups excluding carboxylic acids is 2. The molecule has 1 fully saturated rings. The summed E-state index contributed by atoms with van der Waals surface area (Å²) in [6.45, 7) is 5.88. The third-order valence-corrected chi connectivity index (χ3v) is 6.06. The molecule has 0 saturated carbocycles. The van der Waals surface area contributed by atoms with Gasteiger partial charge in [-0.3, -0.25) is 4.79 Å². The van der Waals surface area contributed by atoms with E-state index in [2.05, 4.69) is 5.32 Å². The van der Waals surface area contributed by atoms with Gasteiger partial charge in [0.2, 0.25) is 10.0 Å². The highest BCUT2D eigenvalue weighted by Crippen LogP contribution is 2.23. The number of esters is 1. The molecule has 0 unspecified atom stereocenters. The van der Waals surface area contributed by atoms with Crippen molar-refractivity contribution in [1.82, 2.24) is 9.62 Å². The van der Waals surface area contributed by atoms with Crippen LogP contribution in [0.5, 0.6) is 0 Å². The third-order valence-electron chi connectivity index (χ3n) is 4.17. The lowest BCUT2D eigenvalue weighted by Gasteiger charge is -2.26. The van der Waals surface area contributed by atoms with E-state index in [9.17, 15) is 18.0 Å². The van der Waals surface area contributed by atoms with Crippen LogP contribution in [0.1, 0.15) is 49.0 Å². The molecule has 0 atom stereocenters. The number of sulfonamides is 1. The van der Waals surface area contributed by atoms with Crippen LogP contribution < -0.4 is 5.32 Å². The minimum absolute atomic E-state index is 0.0547. The van der Waals surface area contributed by atoms with Gasteiger partial charge in [0.15, 0.2) is 6.61 Å².